The van der Waals surface area contributed by atoms with Gasteiger partial charge in [-0.3, -0.25) is 0 Å². The van der Waals surface area contributed by atoms with Crippen molar-refractivity contribution >= 4 is 22.0 Å². The molecule has 0 radical (unpaired) electrons. The number of benzene rings is 1. The SMILES string of the molecule is Fc1cc(F)c(/C=C/CCBr)cc1F. The second-order valence-electron chi connectivity index (χ2n) is 2.67. The first-order valence-corrected chi connectivity index (χ1v) is 5.14. The highest BCUT2D eigenvalue weighted by Crippen LogP contribution is 2.15. The van der Waals surface area contributed by atoms with Crippen LogP contribution in [0.3, 0.4) is 0 Å². The second kappa shape index (κ2) is 5.20. The van der Waals surface area contributed by atoms with E-state index in [0.29, 0.717) is 12.5 Å². The van der Waals surface area contributed by atoms with Crippen LogP contribution in [0.4, 0.5) is 13.2 Å². The van der Waals surface area contributed by atoms with E-state index in [1.807, 2.05) is 0 Å². The lowest BCUT2D eigenvalue weighted by Crippen LogP contribution is -1.90. The van der Waals surface area contributed by atoms with Crippen molar-refractivity contribution in [2.24, 2.45) is 0 Å². The third-order valence-electron chi connectivity index (χ3n) is 1.61. The Bertz CT molecular complexity index is 347. The molecule has 0 aliphatic heterocycles. The molecular weight excluding hydrogens is 257 g/mol. The second-order valence-corrected chi connectivity index (χ2v) is 3.46. The van der Waals surface area contributed by atoms with Crippen molar-refractivity contribution in [3.63, 3.8) is 0 Å². The summed E-state index contributed by atoms with van der Waals surface area (Å²) in [6, 6.07) is 1.39. The van der Waals surface area contributed by atoms with Gasteiger partial charge in [-0.25, -0.2) is 13.2 Å². The summed E-state index contributed by atoms with van der Waals surface area (Å²) in [5.74, 6) is -2.96. The molecule has 0 spiro atoms. The molecule has 0 fully saturated rings. The van der Waals surface area contributed by atoms with Crippen molar-refractivity contribution in [2.75, 3.05) is 5.33 Å². The summed E-state index contributed by atoms with van der Waals surface area (Å²) in [6.45, 7) is 0. The first-order chi connectivity index (χ1) is 6.65. The molecule has 0 nitrogen and oxygen atoms in total. The number of rotatable bonds is 3. The number of alkyl halides is 1. The van der Waals surface area contributed by atoms with Crippen LogP contribution < -0.4 is 0 Å². The summed E-state index contributed by atoms with van der Waals surface area (Å²) >= 11 is 3.19. The van der Waals surface area contributed by atoms with E-state index >= 15 is 0 Å². The van der Waals surface area contributed by atoms with Crippen molar-refractivity contribution in [2.45, 2.75) is 6.42 Å². The molecule has 4 heteroatoms. The van der Waals surface area contributed by atoms with Crippen LogP contribution in [0.2, 0.25) is 0 Å². The lowest BCUT2D eigenvalue weighted by Gasteiger charge is -1.98. The normalized spacial score (nSPS) is 11.1. The third kappa shape index (κ3) is 2.87. The molecule has 0 N–H and O–H groups in total. The van der Waals surface area contributed by atoms with E-state index in [-0.39, 0.29) is 5.56 Å². The third-order valence-corrected chi connectivity index (χ3v) is 2.07. The van der Waals surface area contributed by atoms with Crippen LogP contribution in [0, 0.1) is 17.5 Å². The van der Waals surface area contributed by atoms with Gasteiger partial charge in [0.1, 0.15) is 5.82 Å². The summed E-state index contributed by atoms with van der Waals surface area (Å²) in [5, 5.41) is 0.745. The average molecular weight is 265 g/mol. The predicted molar refractivity (Wildman–Crippen MR) is 53.8 cm³/mol. The van der Waals surface area contributed by atoms with E-state index in [2.05, 4.69) is 15.9 Å². The van der Waals surface area contributed by atoms with Gasteiger partial charge in [-0.15, -0.1) is 0 Å². The minimum atomic E-state index is -1.17. The summed E-state index contributed by atoms with van der Waals surface area (Å²) in [6.07, 6.45) is 3.82. The van der Waals surface area contributed by atoms with Gasteiger partial charge in [0.25, 0.3) is 0 Å². The fourth-order valence-corrected chi connectivity index (χ4v) is 1.20. The van der Waals surface area contributed by atoms with E-state index in [1.54, 1.807) is 6.08 Å². The topological polar surface area (TPSA) is 0 Å². The zero-order valence-electron chi connectivity index (χ0n) is 7.24. The van der Waals surface area contributed by atoms with Crippen LogP contribution in [0.1, 0.15) is 12.0 Å². The van der Waals surface area contributed by atoms with Gasteiger partial charge in [0, 0.05) is 17.0 Å². The van der Waals surface area contributed by atoms with E-state index < -0.39 is 17.5 Å². The molecule has 76 valence electrons. The van der Waals surface area contributed by atoms with Gasteiger partial charge in [-0.1, -0.05) is 28.1 Å². The molecule has 0 saturated carbocycles. The molecule has 0 aliphatic carbocycles. The van der Waals surface area contributed by atoms with Crippen LogP contribution >= 0.6 is 15.9 Å². The first-order valence-electron chi connectivity index (χ1n) is 4.02. The lowest BCUT2D eigenvalue weighted by molar-refractivity contribution is 0.494. The van der Waals surface area contributed by atoms with Gasteiger partial charge >= 0.3 is 0 Å². The average Bonchev–Trinajstić information content (AvgIpc) is 2.14. The molecule has 1 aromatic carbocycles. The maximum Gasteiger partial charge on any atom is 0.161 e. The molecule has 0 unspecified atom stereocenters. The standard InChI is InChI=1S/C10H8BrF3/c11-4-2-1-3-7-5-9(13)10(14)6-8(7)12/h1,3,5-6H,2,4H2/b3-1+. The fraction of sp³-hybridized carbons (Fsp3) is 0.200. The van der Waals surface area contributed by atoms with E-state index in [9.17, 15) is 13.2 Å². The van der Waals surface area contributed by atoms with Crippen molar-refractivity contribution in [1.82, 2.24) is 0 Å². The van der Waals surface area contributed by atoms with Crippen LogP contribution in [0.15, 0.2) is 18.2 Å². The Hall–Kier alpha value is -0.770. The minimum Gasteiger partial charge on any atom is -0.206 e. The summed E-state index contributed by atoms with van der Waals surface area (Å²) < 4.78 is 38.2. The Morgan fingerprint density at radius 2 is 1.71 bits per heavy atom. The molecule has 0 heterocycles. The molecular formula is C10H8BrF3. The lowest BCUT2D eigenvalue weighted by atomic mass is 10.2. The maximum atomic E-state index is 13.0. The highest BCUT2D eigenvalue weighted by molar-refractivity contribution is 9.09. The van der Waals surface area contributed by atoms with E-state index in [1.165, 1.54) is 6.08 Å². The van der Waals surface area contributed by atoms with E-state index in [0.717, 1.165) is 11.4 Å². The van der Waals surface area contributed by atoms with E-state index in [4.69, 9.17) is 0 Å². The Balaban J connectivity index is 2.92. The summed E-state index contributed by atoms with van der Waals surface area (Å²) in [5.41, 5.74) is 0.0600. The maximum absolute atomic E-state index is 13.0. The molecule has 0 aromatic heterocycles. The van der Waals surface area contributed by atoms with Crippen molar-refractivity contribution in [1.29, 1.82) is 0 Å². The molecule has 0 aliphatic rings. The Morgan fingerprint density at radius 1 is 1.07 bits per heavy atom. The number of halogens is 4. The van der Waals surface area contributed by atoms with Gasteiger partial charge in [-0.05, 0) is 12.5 Å². The Labute approximate surface area is 88.6 Å². The fourth-order valence-electron chi connectivity index (χ4n) is 0.939. The van der Waals surface area contributed by atoms with Crippen molar-refractivity contribution in [3.05, 3.63) is 41.2 Å². The van der Waals surface area contributed by atoms with Crippen molar-refractivity contribution < 1.29 is 13.2 Å². The molecule has 1 aromatic rings. The number of allylic oxidation sites excluding steroid dienone is 1. The molecule has 1 rings (SSSR count). The smallest absolute Gasteiger partial charge is 0.161 e. The Morgan fingerprint density at radius 3 is 2.36 bits per heavy atom. The van der Waals surface area contributed by atoms with Crippen LogP contribution in [-0.2, 0) is 0 Å². The highest BCUT2D eigenvalue weighted by atomic mass is 79.9. The van der Waals surface area contributed by atoms with Gasteiger partial charge in [-0.2, -0.15) is 0 Å². The number of hydrogen-bond donors (Lipinski definition) is 0. The van der Waals surface area contributed by atoms with Gasteiger partial charge in [0.2, 0.25) is 0 Å². The summed E-state index contributed by atoms with van der Waals surface area (Å²) in [4.78, 5) is 0. The molecule has 0 amide bonds. The molecule has 0 bridgehead atoms. The minimum absolute atomic E-state index is 0.0600. The monoisotopic (exact) mass is 264 g/mol. The molecule has 0 atom stereocenters. The number of hydrogen-bond acceptors (Lipinski definition) is 0. The van der Waals surface area contributed by atoms with Gasteiger partial charge in [0.15, 0.2) is 11.6 Å². The summed E-state index contributed by atoms with van der Waals surface area (Å²) in [7, 11) is 0. The van der Waals surface area contributed by atoms with Crippen LogP contribution in [0.5, 0.6) is 0 Å². The highest BCUT2D eigenvalue weighted by Gasteiger charge is 2.06. The Kier molecular flexibility index (Phi) is 4.20. The van der Waals surface area contributed by atoms with Crippen molar-refractivity contribution in [3.8, 4) is 0 Å². The largest absolute Gasteiger partial charge is 0.206 e. The molecule has 14 heavy (non-hydrogen) atoms. The zero-order chi connectivity index (χ0) is 10.6. The first kappa shape index (κ1) is 11.3. The zero-order valence-corrected chi connectivity index (χ0v) is 8.82. The van der Waals surface area contributed by atoms with Gasteiger partial charge < -0.3 is 0 Å². The van der Waals surface area contributed by atoms with Crippen LogP contribution in [-0.4, -0.2) is 5.33 Å². The van der Waals surface area contributed by atoms with Crippen LogP contribution in [0.25, 0.3) is 6.08 Å². The quantitative estimate of drug-likeness (QED) is 0.574. The predicted octanol–water partition coefficient (Wildman–Crippen LogP) is 3.90. The molecule has 0 saturated heterocycles. The van der Waals surface area contributed by atoms with Gasteiger partial charge in [0.05, 0.1) is 0 Å².